The van der Waals surface area contributed by atoms with Crippen molar-refractivity contribution in [1.82, 2.24) is 5.32 Å². The molecule has 0 radical (unpaired) electrons. The summed E-state index contributed by atoms with van der Waals surface area (Å²) in [4.78, 5) is 12.4. The summed E-state index contributed by atoms with van der Waals surface area (Å²) in [5.41, 5.74) is 1.40. The first-order chi connectivity index (χ1) is 10.9. The number of aliphatic hydroxyl groups excluding tert-OH is 1. The van der Waals surface area contributed by atoms with Crippen LogP contribution in [0, 0.1) is 5.82 Å². The van der Waals surface area contributed by atoms with Crippen LogP contribution in [0.3, 0.4) is 0 Å². The number of carbonyl (C=O) groups is 1. The first-order valence-electron chi connectivity index (χ1n) is 7.67. The summed E-state index contributed by atoms with van der Waals surface area (Å²) in [6, 6.07) is 13.9. The van der Waals surface area contributed by atoms with Gasteiger partial charge in [0, 0.05) is 12.1 Å². The van der Waals surface area contributed by atoms with Crippen molar-refractivity contribution in [2.45, 2.75) is 32.3 Å². The van der Waals surface area contributed by atoms with Crippen molar-refractivity contribution in [3.8, 4) is 0 Å². The van der Waals surface area contributed by atoms with E-state index in [2.05, 4.69) is 5.32 Å². The van der Waals surface area contributed by atoms with E-state index in [1.807, 2.05) is 24.3 Å². The Morgan fingerprint density at radius 1 is 1.09 bits per heavy atom. The number of hydrogen-bond acceptors (Lipinski definition) is 2. The van der Waals surface area contributed by atoms with Crippen molar-refractivity contribution in [1.29, 1.82) is 0 Å². The monoisotopic (exact) mass is 315 g/mol. The Labute approximate surface area is 136 Å². The Hall–Kier alpha value is -2.20. The van der Waals surface area contributed by atoms with Gasteiger partial charge in [0.25, 0.3) is 0 Å². The average Bonchev–Trinajstić information content (AvgIpc) is 2.55. The van der Waals surface area contributed by atoms with Gasteiger partial charge in [-0.25, -0.2) is 4.39 Å². The zero-order chi connectivity index (χ0) is 16.9. The van der Waals surface area contributed by atoms with Crippen LogP contribution in [0.4, 0.5) is 4.39 Å². The summed E-state index contributed by atoms with van der Waals surface area (Å²) in [5.74, 6) is -0.568. The summed E-state index contributed by atoms with van der Waals surface area (Å²) >= 11 is 0. The molecule has 122 valence electrons. The van der Waals surface area contributed by atoms with Crippen LogP contribution < -0.4 is 5.32 Å². The third kappa shape index (κ3) is 4.17. The van der Waals surface area contributed by atoms with Gasteiger partial charge in [-0.3, -0.25) is 4.79 Å². The number of rotatable bonds is 6. The number of nitrogens with one attached hydrogen (secondary N) is 1. The smallest absolute Gasteiger partial charge is 0.230 e. The molecule has 0 atom stereocenters. The second kappa shape index (κ2) is 7.38. The van der Waals surface area contributed by atoms with E-state index in [0.717, 1.165) is 11.1 Å². The fourth-order valence-electron chi connectivity index (χ4n) is 2.44. The van der Waals surface area contributed by atoms with Gasteiger partial charge in [0.2, 0.25) is 5.91 Å². The lowest BCUT2D eigenvalue weighted by atomic mass is 9.83. The highest BCUT2D eigenvalue weighted by Gasteiger charge is 2.31. The SMILES string of the molecule is CC(C)(C(=O)NCCc1ccc(CO)cc1)c1ccccc1F. The topological polar surface area (TPSA) is 49.3 Å². The minimum absolute atomic E-state index is 0.0217. The van der Waals surface area contributed by atoms with Crippen molar-refractivity contribution in [3.63, 3.8) is 0 Å². The number of carbonyl (C=O) groups excluding carboxylic acids is 1. The van der Waals surface area contributed by atoms with Crippen molar-refractivity contribution >= 4 is 5.91 Å². The zero-order valence-corrected chi connectivity index (χ0v) is 13.5. The second-order valence-electron chi connectivity index (χ2n) is 6.09. The predicted molar refractivity (Wildman–Crippen MR) is 88.5 cm³/mol. The number of amides is 1. The molecule has 23 heavy (non-hydrogen) atoms. The van der Waals surface area contributed by atoms with Crippen LogP contribution in [0.5, 0.6) is 0 Å². The lowest BCUT2D eigenvalue weighted by molar-refractivity contribution is -0.125. The maximum absolute atomic E-state index is 13.9. The zero-order valence-electron chi connectivity index (χ0n) is 13.5. The molecular formula is C19H22FNO2. The predicted octanol–water partition coefficient (Wildman–Crippen LogP) is 2.95. The summed E-state index contributed by atoms with van der Waals surface area (Å²) in [7, 11) is 0. The highest BCUT2D eigenvalue weighted by molar-refractivity contribution is 5.87. The van der Waals surface area contributed by atoms with E-state index in [9.17, 15) is 9.18 Å². The second-order valence-corrected chi connectivity index (χ2v) is 6.09. The molecular weight excluding hydrogens is 293 g/mol. The van der Waals surface area contributed by atoms with Crippen LogP contribution in [-0.4, -0.2) is 17.6 Å². The number of hydrogen-bond donors (Lipinski definition) is 2. The molecule has 0 heterocycles. The van der Waals surface area contributed by atoms with E-state index in [0.29, 0.717) is 18.5 Å². The minimum atomic E-state index is -0.925. The van der Waals surface area contributed by atoms with Crippen LogP contribution in [0.25, 0.3) is 0 Å². The molecule has 0 aliphatic rings. The first kappa shape index (κ1) is 17.2. The normalized spacial score (nSPS) is 11.3. The Balaban J connectivity index is 1.94. The molecule has 1 amide bonds. The summed E-state index contributed by atoms with van der Waals surface area (Å²) in [6.07, 6.45) is 0.685. The standard InChI is InChI=1S/C19H22FNO2/c1-19(2,16-5-3-4-6-17(16)20)18(23)21-12-11-14-7-9-15(13-22)10-8-14/h3-10,22H,11-13H2,1-2H3,(H,21,23). The molecule has 0 saturated heterocycles. The van der Waals surface area contributed by atoms with Crippen LogP contribution in [0.1, 0.15) is 30.5 Å². The molecule has 0 aliphatic carbocycles. The van der Waals surface area contributed by atoms with Crippen molar-refractivity contribution < 1.29 is 14.3 Å². The van der Waals surface area contributed by atoms with Crippen LogP contribution in [-0.2, 0) is 23.2 Å². The molecule has 0 saturated carbocycles. The van der Waals surface area contributed by atoms with Crippen molar-refractivity contribution in [3.05, 3.63) is 71.0 Å². The summed E-state index contributed by atoms with van der Waals surface area (Å²) < 4.78 is 13.9. The Kier molecular flexibility index (Phi) is 5.50. The maximum atomic E-state index is 13.9. The van der Waals surface area contributed by atoms with Gasteiger partial charge in [-0.1, -0.05) is 42.5 Å². The molecule has 0 aliphatic heterocycles. The van der Waals surface area contributed by atoms with E-state index >= 15 is 0 Å². The molecule has 2 rings (SSSR count). The maximum Gasteiger partial charge on any atom is 0.230 e. The summed E-state index contributed by atoms with van der Waals surface area (Å²) in [6.45, 7) is 3.94. The van der Waals surface area contributed by atoms with E-state index in [1.54, 1.807) is 32.0 Å². The highest BCUT2D eigenvalue weighted by Crippen LogP contribution is 2.25. The quantitative estimate of drug-likeness (QED) is 0.861. The lowest BCUT2D eigenvalue weighted by Gasteiger charge is -2.24. The average molecular weight is 315 g/mol. The molecule has 2 aromatic rings. The largest absolute Gasteiger partial charge is 0.392 e. The number of halogens is 1. The molecule has 2 N–H and O–H groups in total. The number of aliphatic hydroxyl groups is 1. The lowest BCUT2D eigenvalue weighted by Crippen LogP contribution is -2.41. The Morgan fingerprint density at radius 3 is 2.30 bits per heavy atom. The molecule has 0 spiro atoms. The third-order valence-electron chi connectivity index (χ3n) is 4.02. The van der Waals surface area contributed by atoms with Gasteiger partial charge >= 0.3 is 0 Å². The van der Waals surface area contributed by atoms with E-state index in [-0.39, 0.29) is 18.3 Å². The van der Waals surface area contributed by atoms with Gasteiger partial charge in [0.05, 0.1) is 12.0 Å². The highest BCUT2D eigenvalue weighted by atomic mass is 19.1. The van der Waals surface area contributed by atoms with Gasteiger partial charge in [-0.2, -0.15) is 0 Å². The van der Waals surface area contributed by atoms with Gasteiger partial charge in [-0.05, 0) is 37.5 Å². The molecule has 0 bridgehead atoms. The van der Waals surface area contributed by atoms with Crippen LogP contribution >= 0.6 is 0 Å². The summed E-state index contributed by atoms with van der Waals surface area (Å²) in [5, 5.41) is 11.9. The molecule has 0 fully saturated rings. The van der Waals surface area contributed by atoms with Crippen molar-refractivity contribution in [2.24, 2.45) is 0 Å². The van der Waals surface area contributed by atoms with Gasteiger partial charge in [-0.15, -0.1) is 0 Å². The van der Waals surface area contributed by atoms with Crippen LogP contribution in [0.15, 0.2) is 48.5 Å². The first-order valence-corrected chi connectivity index (χ1v) is 7.67. The van der Waals surface area contributed by atoms with E-state index < -0.39 is 5.41 Å². The molecule has 2 aromatic carbocycles. The van der Waals surface area contributed by atoms with E-state index in [1.165, 1.54) is 6.07 Å². The molecule has 4 heteroatoms. The van der Waals surface area contributed by atoms with Crippen molar-refractivity contribution in [2.75, 3.05) is 6.54 Å². The van der Waals surface area contributed by atoms with E-state index in [4.69, 9.17) is 5.11 Å². The Morgan fingerprint density at radius 2 is 1.70 bits per heavy atom. The Bertz CT molecular complexity index is 665. The van der Waals surface area contributed by atoms with Crippen LogP contribution in [0.2, 0.25) is 0 Å². The molecule has 0 unspecified atom stereocenters. The fourth-order valence-corrected chi connectivity index (χ4v) is 2.44. The fraction of sp³-hybridized carbons (Fsp3) is 0.316. The van der Waals surface area contributed by atoms with Gasteiger partial charge < -0.3 is 10.4 Å². The van der Waals surface area contributed by atoms with Gasteiger partial charge in [0.15, 0.2) is 0 Å². The molecule has 0 aromatic heterocycles. The third-order valence-corrected chi connectivity index (χ3v) is 4.02. The molecule has 3 nitrogen and oxygen atoms in total. The van der Waals surface area contributed by atoms with Gasteiger partial charge in [0.1, 0.15) is 5.82 Å². The number of benzene rings is 2. The minimum Gasteiger partial charge on any atom is -0.392 e.